The van der Waals surface area contributed by atoms with E-state index in [2.05, 4.69) is 22.3 Å². The van der Waals surface area contributed by atoms with Crippen LogP contribution in [-0.2, 0) is 12.7 Å². The molecule has 3 aromatic rings. The van der Waals surface area contributed by atoms with Crippen molar-refractivity contribution in [3.05, 3.63) is 92.8 Å². The molecule has 1 aromatic carbocycles. The molecule has 4 rings (SSSR count). The Kier molecular flexibility index (Phi) is 5.77. The van der Waals surface area contributed by atoms with Crippen molar-refractivity contribution >= 4 is 29.0 Å². The van der Waals surface area contributed by atoms with Gasteiger partial charge in [0.2, 0.25) is 0 Å². The lowest BCUT2D eigenvalue weighted by Crippen LogP contribution is -2.29. The largest absolute Gasteiger partial charge is 0.465 e. The van der Waals surface area contributed by atoms with E-state index in [-0.39, 0.29) is 10.8 Å². The molecule has 0 saturated carbocycles. The molecule has 5 nitrogen and oxygen atoms in total. The summed E-state index contributed by atoms with van der Waals surface area (Å²) >= 11 is 12.3. The van der Waals surface area contributed by atoms with Gasteiger partial charge >= 0.3 is 6.18 Å². The van der Waals surface area contributed by atoms with Gasteiger partial charge in [0.05, 0.1) is 16.6 Å². The van der Waals surface area contributed by atoms with Crippen molar-refractivity contribution < 1.29 is 17.6 Å². The topological polar surface area (TPSA) is 55.0 Å². The normalized spacial score (nSPS) is 16.0. The Labute approximate surface area is 192 Å². The van der Waals surface area contributed by atoms with Gasteiger partial charge in [0.25, 0.3) is 0 Å². The molecule has 0 bridgehead atoms. The van der Waals surface area contributed by atoms with Gasteiger partial charge in [-0.3, -0.25) is 0 Å². The van der Waals surface area contributed by atoms with E-state index in [0.29, 0.717) is 39.9 Å². The number of furan rings is 1. The predicted octanol–water partition coefficient (Wildman–Crippen LogP) is 6.70. The zero-order valence-corrected chi connectivity index (χ0v) is 18.7. The highest BCUT2D eigenvalue weighted by Gasteiger charge is 2.38. The van der Waals surface area contributed by atoms with Crippen molar-refractivity contribution in [3.8, 4) is 0 Å². The molecule has 168 valence electrons. The summed E-state index contributed by atoms with van der Waals surface area (Å²) in [5.74, 6) is 1.69. The first-order valence-corrected chi connectivity index (χ1v) is 10.4. The molecule has 1 atom stereocenters. The van der Waals surface area contributed by atoms with Gasteiger partial charge in [-0.05, 0) is 43.7 Å². The fourth-order valence-electron chi connectivity index (χ4n) is 3.66. The van der Waals surface area contributed by atoms with E-state index in [1.807, 2.05) is 19.1 Å². The molecule has 1 aliphatic heterocycles. The molecule has 2 N–H and O–H groups in total. The maximum absolute atomic E-state index is 13.4. The van der Waals surface area contributed by atoms with Crippen molar-refractivity contribution in [2.45, 2.75) is 32.6 Å². The van der Waals surface area contributed by atoms with Gasteiger partial charge in [-0.2, -0.15) is 18.3 Å². The van der Waals surface area contributed by atoms with Gasteiger partial charge in [0, 0.05) is 23.0 Å². The van der Waals surface area contributed by atoms with Crippen LogP contribution in [0.3, 0.4) is 0 Å². The molecule has 0 amide bonds. The standard InChI is InChI=1S/C22H19Cl2F3N4O/c1-11-4-6-15(32-11)10-28-12(2)20-13(3)29-19-9-18(22(25,26)27)30-31(19)21(20)14-5-7-16(23)17(24)8-14/h4-9,21,28-29H,2,10H2,1,3H3. The van der Waals surface area contributed by atoms with Crippen LogP contribution >= 0.6 is 23.2 Å². The highest BCUT2D eigenvalue weighted by Crippen LogP contribution is 2.42. The van der Waals surface area contributed by atoms with Crippen LogP contribution in [-0.4, -0.2) is 9.78 Å². The van der Waals surface area contributed by atoms with E-state index in [4.69, 9.17) is 27.6 Å². The molecule has 2 aromatic heterocycles. The third-order valence-corrected chi connectivity index (χ3v) is 5.86. The van der Waals surface area contributed by atoms with Crippen molar-refractivity contribution in [2.24, 2.45) is 0 Å². The average Bonchev–Trinajstić information content (AvgIpc) is 3.33. The molecule has 10 heteroatoms. The number of alkyl halides is 3. The Morgan fingerprint density at radius 2 is 1.94 bits per heavy atom. The minimum Gasteiger partial charge on any atom is -0.465 e. The van der Waals surface area contributed by atoms with Crippen LogP contribution in [0.5, 0.6) is 0 Å². The third kappa shape index (κ3) is 4.25. The summed E-state index contributed by atoms with van der Waals surface area (Å²) in [6.45, 7) is 8.09. The van der Waals surface area contributed by atoms with Gasteiger partial charge in [0.15, 0.2) is 5.69 Å². The predicted molar refractivity (Wildman–Crippen MR) is 118 cm³/mol. The van der Waals surface area contributed by atoms with E-state index < -0.39 is 17.9 Å². The molecule has 32 heavy (non-hydrogen) atoms. The second-order valence-electron chi connectivity index (χ2n) is 7.44. The molecule has 0 spiro atoms. The van der Waals surface area contributed by atoms with E-state index in [9.17, 15) is 13.2 Å². The Hall–Kier alpha value is -2.84. The highest BCUT2D eigenvalue weighted by molar-refractivity contribution is 6.42. The second-order valence-corrected chi connectivity index (χ2v) is 8.26. The summed E-state index contributed by atoms with van der Waals surface area (Å²) in [6, 6.07) is 8.88. The molecule has 0 fully saturated rings. The number of rotatable bonds is 5. The first-order valence-electron chi connectivity index (χ1n) is 9.62. The molecule has 0 saturated heterocycles. The number of allylic oxidation sites excluding steroid dienone is 2. The molecular formula is C22H19Cl2F3N4O. The number of anilines is 1. The Morgan fingerprint density at radius 1 is 1.19 bits per heavy atom. The van der Waals surface area contributed by atoms with Crippen LogP contribution in [0.4, 0.5) is 19.0 Å². The minimum atomic E-state index is -4.59. The average molecular weight is 483 g/mol. The van der Waals surface area contributed by atoms with E-state index >= 15 is 0 Å². The number of fused-ring (bicyclic) bond motifs is 1. The molecular weight excluding hydrogens is 464 g/mol. The lowest BCUT2D eigenvalue weighted by Gasteiger charge is -2.32. The zero-order chi connectivity index (χ0) is 23.2. The summed E-state index contributed by atoms with van der Waals surface area (Å²) < 4.78 is 47.0. The van der Waals surface area contributed by atoms with Gasteiger partial charge in [-0.25, -0.2) is 4.68 Å². The highest BCUT2D eigenvalue weighted by atomic mass is 35.5. The first kappa shape index (κ1) is 22.4. The zero-order valence-electron chi connectivity index (χ0n) is 17.1. The number of hydrogen-bond acceptors (Lipinski definition) is 4. The van der Waals surface area contributed by atoms with Crippen molar-refractivity contribution in [1.29, 1.82) is 0 Å². The van der Waals surface area contributed by atoms with Crippen molar-refractivity contribution in [2.75, 3.05) is 5.32 Å². The number of benzene rings is 1. The quantitative estimate of drug-likeness (QED) is 0.424. The summed E-state index contributed by atoms with van der Waals surface area (Å²) in [5.41, 5.74) is 1.40. The van der Waals surface area contributed by atoms with Crippen LogP contribution in [0.1, 0.15) is 35.7 Å². The number of halogens is 5. The lowest BCUT2D eigenvalue weighted by atomic mass is 9.93. The monoisotopic (exact) mass is 482 g/mol. The number of aromatic nitrogens is 2. The second kappa shape index (κ2) is 8.26. The smallest absolute Gasteiger partial charge is 0.435 e. The van der Waals surface area contributed by atoms with Crippen LogP contribution < -0.4 is 10.6 Å². The first-order chi connectivity index (χ1) is 15.0. The SMILES string of the molecule is C=C(NCc1ccc(C)o1)C1=C(C)Nc2cc(C(F)(F)F)nn2C1c1ccc(Cl)c(Cl)c1. The van der Waals surface area contributed by atoms with Crippen molar-refractivity contribution in [1.82, 2.24) is 15.1 Å². The van der Waals surface area contributed by atoms with Crippen LogP contribution in [0, 0.1) is 6.92 Å². The fraction of sp³-hybridized carbons (Fsp3) is 0.227. The molecule has 0 aliphatic carbocycles. The van der Waals surface area contributed by atoms with Crippen molar-refractivity contribution in [3.63, 3.8) is 0 Å². The molecule has 3 heterocycles. The maximum Gasteiger partial charge on any atom is 0.435 e. The molecule has 1 aliphatic rings. The Morgan fingerprint density at radius 3 is 2.56 bits per heavy atom. The summed E-state index contributed by atoms with van der Waals surface area (Å²) in [7, 11) is 0. The third-order valence-electron chi connectivity index (χ3n) is 5.12. The number of nitrogens with one attached hydrogen (secondary N) is 2. The van der Waals surface area contributed by atoms with Gasteiger partial charge in [0.1, 0.15) is 23.4 Å². The van der Waals surface area contributed by atoms with E-state index in [0.717, 1.165) is 11.8 Å². The van der Waals surface area contributed by atoms with E-state index in [1.54, 1.807) is 25.1 Å². The maximum atomic E-state index is 13.4. The van der Waals surface area contributed by atoms with Gasteiger partial charge < -0.3 is 15.1 Å². The van der Waals surface area contributed by atoms with Gasteiger partial charge in [-0.1, -0.05) is 35.8 Å². The lowest BCUT2D eigenvalue weighted by molar-refractivity contribution is -0.141. The number of hydrogen-bond donors (Lipinski definition) is 2. The van der Waals surface area contributed by atoms with Gasteiger partial charge in [-0.15, -0.1) is 0 Å². The van der Waals surface area contributed by atoms with Crippen LogP contribution in [0.2, 0.25) is 10.0 Å². The summed E-state index contributed by atoms with van der Waals surface area (Å²) in [6.07, 6.45) is -4.59. The molecule has 1 unspecified atom stereocenters. The molecule has 0 radical (unpaired) electrons. The van der Waals surface area contributed by atoms with Crippen LogP contribution in [0.15, 0.2) is 64.4 Å². The fourth-order valence-corrected chi connectivity index (χ4v) is 3.97. The van der Waals surface area contributed by atoms with Crippen LogP contribution in [0.25, 0.3) is 0 Å². The summed E-state index contributed by atoms with van der Waals surface area (Å²) in [5, 5.41) is 10.7. The number of nitrogens with zero attached hydrogens (tertiary/aromatic N) is 2. The van der Waals surface area contributed by atoms with E-state index in [1.165, 1.54) is 4.68 Å². The summed E-state index contributed by atoms with van der Waals surface area (Å²) in [4.78, 5) is 0. The Bertz CT molecular complexity index is 1230. The minimum absolute atomic E-state index is 0.212. The Balaban J connectivity index is 1.76. The number of aryl methyl sites for hydroxylation is 1.